The number of hydrogen-bond donors (Lipinski definition) is 0. The Bertz CT molecular complexity index is 680. The zero-order valence-corrected chi connectivity index (χ0v) is 21.9. The number of hydrogen-bond acceptors (Lipinski definition) is 1. The van der Waals surface area contributed by atoms with Crippen LogP contribution in [0.25, 0.3) is 0 Å². The first-order valence-electron chi connectivity index (χ1n) is 14.2. The molecule has 1 aliphatic heterocycles. The first-order valence-corrected chi connectivity index (χ1v) is 14.2. The summed E-state index contributed by atoms with van der Waals surface area (Å²) in [4.78, 5) is 0. The van der Waals surface area contributed by atoms with Gasteiger partial charge in [0, 0.05) is 5.41 Å². The third-order valence-electron chi connectivity index (χ3n) is 12.5. The van der Waals surface area contributed by atoms with Gasteiger partial charge in [0.1, 0.15) is 0 Å². The van der Waals surface area contributed by atoms with Crippen LogP contribution in [0.5, 0.6) is 0 Å². The Kier molecular flexibility index (Phi) is 5.49. The van der Waals surface area contributed by atoms with Crippen LogP contribution in [0, 0.1) is 57.2 Å². The SMILES string of the molecule is CC(C)CCCC(C)C1CCC2(C)C3CCC4C(C)(C)CCCC4(C)C3C3CC12CO3. The van der Waals surface area contributed by atoms with Crippen molar-refractivity contribution in [3.63, 3.8) is 0 Å². The summed E-state index contributed by atoms with van der Waals surface area (Å²) in [6.45, 7) is 19.1. The minimum absolute atomic E-state index is 0.490. The third-order valence-corrected chi connectivity index (χ3v) is 12.5. The molecular formula is C30H52O. The molecule has 1 saturated heterocycles. The van der Waals surface area contributed by atoms with E-state index < -0.39 is 0 Å². The summed E-state index contributed by atoms with van der Waals surface area (Å²) in [5.41, 5.74) is 2.05. The molecule has 178 valence electrons. The lowest BCUT2D eigenvalue weighted by molar-refractivity contribution is -0.182. The van der Waals surface area contributed by atoms with Crippen molar-refractivity contribution in [2.24, 2.45) is 57.2 Å². The van der Waals surface area contributed by atoms with Gasteiger partial charge in [-0.2, -0.15) is 0 Å². The van der Waals surface area contributed by atoms with Crippen LogP contribution < -0.4 is 0 Å². The number of fused-ring (bicyclic) bond motifs is 6. The van der Waals surface area contributed by atoms with Crippen molar-refractivity contribution in [1.82, 2.24) is 0 Å². The normalized spacial score (nSPS) is 51.3. The zero-order valence-electron chi connectivity index (χ0n) is 21.9. The van der Waals surface area contributed by atoms with Crippen molar-refractivity contribution < 1.29 is 4.74 Å². The van der Waals surface area contributed by atoms with E-state index >= 15 is 0 Å². The minimum atomic E-state index is 0.490. The predicted molar refractivity (Wildman–Crippen MR) is 131 cm³/mol. The molecular weight excluding hydrogens is 376 g/mol. The van der Waals surface area contributed by atoms with Gasteiger partial charge in [-0.25, -0.2) is 0 Å². The molecule has 4 saturated carbocycles. The Morgan fingerprint density at radius 2 is 1.68 bits per heavy atom. The number of ether oxygens (including phenoxy) is 1. The van der Waals surface area contributed by atoms with E-state index in [2.05, 4.69) is 48.5 Å². The third kappa shape index (κ3) is 3.10. The van der Waals surface area contributed by atoms with Crippen molar-refractivity contribution in [1.29, 1.82) is 0 Å². The molecule has 0 aromatic rings. The molecule has 1 heteroatoms. The first kappa shape index (κ1) is 22.7. The van der Waals surface area contributed by atoms with Crippen molar-refractivity contribution >= 4 is 0 Å². The molecule has 5 fully saturated rings. The molecule has 1 nitrogen and oxygen atoms in total. The summed E-state index contributed by atoms with van der Waals surface area (Å²) in [6.07, 6.45) is 16.5. The maximum atomic E-state index is 6.92. The van der Waals surface area contributed by atoms with Crippen LogP contribution in [0.1, 0.15) is 119 Å². The standard InChI is InChI=1S/C30H52O/c1-20(2)10-8-11-21(3)22-14-17-29(7)23-12-13-25-27(4,5)15-9-16-28(25,6)26(23)24-18-30(22,29)19-31-24/h20-26H,8-19H2,1-7H3. The fraction of sp³-hybridized carbons (Fsp3) is 1.00. The van der Waals surface area contributed by atoms with Crippen molar-refractivity contribution in [3.05, 3.63) is 0 Å². The molecule has 0 aromatic heterocycles. The molecule has 5 aliphatic rings. The Balaban J connectivity index is 1.43. The summed E-state index contributed by atoms with van der Waals surface area (Å²) in [7, 11) is 0. The zero-order chi connectivity index (χ0) is 22.2. The molecule has 0 N–H and O–H groups in total. The largest absolute Gasteiger partial charge is 0.377 e. The van der Waals surface area contributed by atoms with E-state index in [0.717, 1.165) is 42.1 Å². The summed E-state index contributed by atoms with van der Waals surface area (Å²) in [5.74, 6) is 5.27. The van der Waals surface area contributed by atoms with Crippen LogP contribution in [-0.2, 0) is 4.74 Å². The second-order valence-electron chi connectivity index (χ2n) is 14.7. The van der Waals surface area contributed by atoms with E-state index in [1.807, 2.05) is 0 Å². The molecule has 0 aromatic carbocycles. The summed E-state index contributed by atoms with van der Waals surface area (Å²) >= 11 is 0. The Morgan fingerprint density at radius 1 is 0.903 bits per heavy atom. The maximum Gasteiger partial charge on any atom is 0.0618 e. The van der Waals surface area contributed by atoms with Gasteiger partial charge in [0.2, 0.25) is 0 Å². The van der Waals surface area contributed by atoms with Crippen molar-refractivity contribution in [3.8, 4) is 0 Å². The highest BCUT2D eigenvalue weighted by molar-refractivity contribution is 5.21. The van der Waals surface area contributed by atoms with Crippen LogP contribution in [0.2, 0.25) is 0 Å². The van der Waals surface area contributed by atoms with Gasteiger partial charge < -0.3 is 4.74 Å². The monoisotopic (exact) mass is 428 g/mol. The van der Waals surface area contributed by atoms with Gasteiger partial charge in [0.05, 0.1) is 12.7 Å². The summed E-state index contributed by atoms with van der Waals surface area (Å²) in [5, 5.41) is 0. The molecule has 0 radical (unpaired) electrons. The average Bonchev–Trinajstić information content (AvgIpc) is 3.21. The van der Waals surface area contributed by atoms with Crippen LogP contribution in [0.4, 0.5) is 0 Å². The van der Waals surface area contributed by atoms with Crippen LogP contribution >= 0.6 is 0 Å². The van der Waals surface area contributed by atoms with Gasteiger partial charge in [0.25, 0.3) is 0 Å². The highest BCUT2D eigenvalue weighted by Gasteiger charge is 2.73. The lowest BCUT2D eigenvalue weighted by atomic mass is 9.38. The fourth-order valence-corrected chi connectivity index (χ4v) is 11.1. The van der Waals surface area contributed by atoms with Gasteiger partial charge >= 0.3 is 0 Å². The smallest absolute Gasteiger partial charge is 0.0618 e. The highest BCUT2D eigenvalue weighted by atomic mass is 16.5. The maximum absolute atomic E-state index is 6.92. The van der Waals surface area contributed by atoms with E-state index in [0.29, 0.717) is 27.8 Å². The Labute approximate surface area is 193 Å². The topological polar surface area (TPSA) is 9.23 Å². The molecule has 1 spiro atoms. The predicted octanol–water partition coefficient (Wildman–Crippen LogP) is 8.51. The van der Waals surface area contributed by atoms with Gasteiger partial charge in [-0.1, -0.05) is 74.1 Å². The van der Waals surface area contributed by atoms with Gasteiger partial charge in [-0.15, -0.1) is 0 Å². The lowest BCUT2D eigenvalue weighted by Gasteiger charge is -2.66. The molecule has 5 rings (SSSR count). The molecule has 31 heavy (non-hydrogen) atoms. The molecule has 0 amide bonds. The second kappa shape index (κ2) is 7.48. The van der Waals surface area contributed by atoms with Crippen LogP contribution in [0.15, 0.2) is 0 Å². The van der Waals surface area contributed by atoms with E-state index in [-0.39, 0.29) is 0 Å². The van der Waals surface area contributed by atoms with Gasteiger partial charge in [-0.05, 0) is 96.7 Å². The summed E-state index contributed by atoms with van der Waals surface area (Å²) in [6, 6.07) is 0. The molecule has 9 unspecified atom stereocenters. The van der Waals surface area contributed by atoms with E-state index in [1.165, 1.54) is 70.6 Å². The molecule has 1 heterocycles. The lowest BCUT2D eigenvalue weighted by Crippen LogP contribution is -2.62. The minimum Gasteiger partial charge on any atom is -0.377 e. The highest BCUT2D eigenvalue weighted by Crippen LogP contribution is 2.77. The van der Waals surface area contributed by atoms with Gasteiger partial charge in [0.15, 0.2) is 0 Å². The molecule has 9 atom stereocenters. The quantitative estimate of drug-likeness (QED) is 0.426. The average molecular weight is 429 g/mol. The first-order chi connectivity index (χ1) is 14.6. The Hall–Kier alpha value is -0.0400. The molecule has 2 bridgehead atoms. The van der Waals surface area contributed by atoms with Crippen molar-refractivity contribution in [2.75, 3.05) is 6.61 Å². The van der Waals surface area contributed by atoms with Crippen LogP contribution in [-0.4, -0.2) is 12.7 Å². The fourth-order valence-electron chi connectivity index (χ4n) is 11.1. The molecule has 4 aliphatic carbocycles. The van der Waals surface area contributed by atoms with E-state index in [1.54, 1.807) is 0 Å². The van der Waals surface area contributed by atoms with Crippen LogP contribution in [0.3, 0.4) is 0 Å². The number of rotatable bonds is 5. The second-order valence-corrected chi connectivity index (χ2v) is 14.7. The van der Waals surface area contributed by atoms with E-state index in [9.17, 15) is 0 Å². The Morgan fingerprint density at radius 3 is 2.42 bits per heavy atom. The summed E-state index contributed by atoms with van der Waals surface area (Å²) < 4.78 is 6.92. The van der Waals surface area contributed by atoms with Crippen molar-refractivity contribution in [2.45, 2.75) is 125 Å². The van der Waals surface area contributed by atoms with Gasteiger partial charge in [-0.3, -0.25) is 0 Å². The van der Waals surface area contributed by atoms with E-state index in [4.69, 9.17) is 4.74 Å².